The first-order valence-electron chi connectivity index (χ1n) is 5.38. The van der Waals surface area contributed by atoms with Crippen LogP contribution < -0.4 is 0 Å². The summed E-state index contributed by atoms with van der Waals surface area (Å²) in [6, 6.07) is 4.72. The van der Waals surface area contributed by atoms with Crippen LogP contribution in [-0.2, 0) is 17.1 Å². The molecule has 113 valence electrons. The second-order valence-electron chi connectivity index (χ2n) is 4.00. The molecular formula is C12H8F4MnN2O2. The fourth-order valence-electron chi connectivity index (χ4n) is 1.71. The summed E-state index contributed by atoms with van der Waals surface area (Å²) >= 11 is 0. The van der Waals surface area contributed by atoms with Crippen molar-refractivity contribution in [3.63, 3.8) is 0 Å². The van der Waals surface area contributed by atoms with Gasteiger partial charge in [-0.15, -0.1) is 0 Å². The van der Waals surface area contributed by atoms with E-state index in [1.165, 1.54) is 12.1 Å². The number of benzene rings is 1. The minimum absolute atomic E-state index is 0. The monoisotopic (exact) mass is 343 g/mol. The van der Waals surface area contributed by atoms with Gasteiger partial charge < -0.3 is 5.11 Å². The van der Waals surface area contributed by atoms with Crippen molar-refractivity contribution in [2.24, 2.45) is 0 Å². The Kier molecular flexibility index (Phi) is 4.80. The Bertz CT molecular complexity index is 682. The second-order valence-corrected chi connectivity index (χ2v) is 4.00. The zero-order valence-corrected chi connectivity index (χ0v) is 11.6. The van der Waals surface area contributed by atoms with Crippen LogP contribution in [0.3, 0.4) is 0 Å². The molecule has 2 rings (SSSR count). The van der Waals surface area contributed by atoms with Gasteiger partial charge in [-0.2, -0.15) is 18.3 Å². The molecule has 0 bridgehead atoms. The van der Waals surface area contributed by atoms with Crippen molar-refractivity contribution in [1.82, 2.24) is 9.78 Å². The molecule has 0 saturated heterocycles. The molecule has 1 aromatic heterocycles. The van der Waals surface area contributed by atoms with Crippen molar-refractivity contribution in [3.8, 4) is 11.6 Å². The maximum absolute atomic E-state index is 13.1. The first-order valence-corrected chi connectivity index (χ1v) is 5.38. The summed E-state index contributed by atoms with van der Waals surface area (Å²) in [5.41, 5.74) is -1.23. The number of alkyl halides is 3. The van der Waals surface area contributed by atoms with Gasteiger partial charge in [0.25, 0.3) is 5.78 Å². The average Bonchev–Trinajstić information content (AvgIpc) is 2.63. The van der Waals surface area contributed by atoms with Gasteiger partial charge >= 0.3 is 6.18 Å². The molecule has 0 saturated carbocycles. The first kappa shape index (κ1) is 17.2. The molecule has 0 spiro atoms. The molecule has 0 aliphatic carbocycles. The second kappa shape index (κ2) is 5.87. The van der Waals surface area contributed by atoms with Crippen LogP contribution in [0.1, 0.15) is 16.1 Å². The van der Waals surface area contributed by atoms with E-state index < -0.39 is 29.2 Å². The zero-order valence-electron chi connectivity index (χ0n) is 10.4. The summed E-state index contributed by atoms with van der Waals surface area (Å²) in [6.45, 7) is 1.15. The maximum Gasteiger partial charge on any atom is 0.455 e. The number of aromatic nitrogens is 2. The van der Waals surface area contributed by atoms with Crippen LogP contribution in [0, 0.1) is 12.7 Å². The minimum atomic E-state index is -5.13. The Morgan fingerprint density at radius 2 is 1.95 bits per heavy atom. The van der Waals surface area contributed by atoms with Gasteiger partial charge in [-0.3, -0.25) is 4.79 Å². The maximum atomic E-state index is 13.1. The van der Waals surface area contributed by atoms with E-state index in [0.29, 0.717) is 4.68 Å². The van der Waals surface area contributed by atoms with Gasteiger partial charge in [0.05, 0.1) is 11.4 Å². The molecule has 1 aromatic carbocycles. The fraction of sp³-hybridized carbons (Fsp3) is 0.167. The Balaban J connectivity index is 0.00000220. The largest absolute Gasteiger partial charge is 0.493 e. The van der Waals surface area contributed by atoms with Crippen LogP contribution in [0.5, 0.6) is 5.88 Å². The molecule has 0 aliphatic rings. The number of ketones is 1. The number of aromatic hydroxyl groups is 1. The van der Waals surface area contributed by atoms with Crippen LogP contribution in [0.15, 0.2) is 24.3 Å². The molecule has 0 unspecified atom stereocenters. The molecule has 1 N–H and O–H groups in total. The van der Waals surface area contributed by atoms with Gasteiger partial charge in [0.15, 0.2) is 0 Å². The summed E-state index contributed by atoms with van der Waals surface area (Å²) in [6.07, 6.45) is -5.13. The van der Waals surface area contributed by atoms with Gasteiger partial charge in [-0.25, -0.2) is 9.07 Å². The Hall–Kier alpha value is -1.86. The third kappa shape index (κ3) is 3.25. The summed E-state index contributed by atoms with van der Waals surface area (Å²) < 4.78 is 51.0. The predicted molar refractivity (Wildman–Crippen MR) is 60.3 cm³/mol. The van der Waals surface area contributed by atoms with E-state index in [4.69, 9.17) is 0 Å². The summed E-state index contributed by atoms with van der Waals surface area (Å²) in [5.74, 6) is -3.83. The van der Waals surface area contributed by atoms with Crippen LogP contribution in [0.2, 0.25) is 0 Å². The molecule has 0 aliphatic heterocycles. The molecule has 21 heavy (non-hydrogen) atoms. The third-order valence-electron chi connectivity index (χ3n) is 2.57. The standard InChI is InChI=1S/C12H8F4N2O2.Mn/c1-6-9(10(19)12(14,15)16)11(20)18(17-6)8-4-2-3-7(13)5-8;/h2-5,20H,1H3;. The summed E-state index contributed by atoms with van der Waals surface area (Å²) in [4.78, 5) is 11.2. The molecule has 0 amide bonds. The van der Waals surface area contributed by atoms with Gasteiger partial charge in [-0.1, -0.05) is 6.07 Å². The number of carbonyl (C=O) groups excluding carboxylic acids is 1. The smallest absolute Gasteiger partial charge is 0.455 e. The number of hydrogen-bond acceptors (Lipinski definition) is 3. The molecule has 2 aromatic rings. The van der Waals surface area contributed by atoms with E-state index in [1.54, 1.807) is 0 Å². The number of nitrogens with zero attached hydrogens (tertiary/aromatic N) is 2. The van der Waals surface area contributed by atoms with Crippen molar-refractivity contribution in [2.45, 2.75) is 13.1 Å². The number of Topliss-reactive ketones (excluding diaryl/α,β-unsaturated/α-hetero) is 1. The number of halogens is 4. The van der Waals surface area contributed by atoms with Crippen molar-refractivity contribution in [3.05, 3.63) is 41.3 Å². The average molecular weight is 343 g/mol. The molecule has 1 radical (unpaired) electrons. The van der Waals surface area contributed by atoms with Gasteiger partial charge in [0.2, 0.25) is 5.88 Å². The van der Waals surface area contributed by atoms with E-state index in [-0.39, 0.29) is 28.4 Å². The van der Waals surface area contributed by atoms with Gasteiger partial charge in [0.1, 0.15) is 11.4 Å². The number of aryl methyl sites for hydroxylation is 1. The van der Waals surface area contributed by atoms with Crippen molar-refractivity contribution in [1.29, 1.82) is 0 Å². The van der Waals surface area contributed by atoms with Crippen molar-refractivity contribution < 1.29 is 44.5 Å². The number of hydrogen-bond donors (Lipinski definition) is 1. The van der Waals surface area contributed by atoms with E-state index in [0.717, 1.165) is 19.1 Å². The SMILES string of the molecule is Cc1nn(-c2cccc(F)c2)c(O)c1C(=O)C(F)(F)F.[Mn]. The predicted octanol–water partition coefficient (Wildman–Crippen LogP) is 2.77. The van der Waals surface area contributed by atoms with Crippen LogP contribution in [0.4, 0.5) is 17.6 Å². The summed E-state index contributed by atoms with van der Waals surface area (Å²) in [7, 11) is 0. The number of rotatable bonds is 2. The molecule has 9 heteroatoms. The fourth-order valence-corrected chi connectivity index (χ4v) is 1.71. The molecular weight excluding hydrogens is 335 g/mol. The van der Waals surface area contributed by atoms with Crippen LogP contribution >= 0.6 is 0 Å². The molecule has 0 fully saturated rings. The van der Waals surface area contributed by atoms with Crippen molar-refractivity contribution in [2.75, 3.05) is 0 Å². The topological polar surface area (TPSA) is 55.1 Å². The Labute approximate surface area is 126 Å². The normalized spacial score (nSPS) is 11.1. The zero-order chi connectivity index (χ0) is 15.1. The van der Waals surface area contributed by atoms with E-state index in [9.17, 15) is 27.5 Å². The third-order valence-corrected chi connectivity index (χ3v) is 2.57. The number of carbonyl (C=O) groups is 1. The van der Waals surface area contributed by atoms with Gasteiger partial charge in [0, 0.05) is 17.1 Å². The first-order chi connectivity index (χ1) is 9.21. The van der Waals surface area contributed by atoms with Gasteiger partial charge in [-0.05, 0) is 25.1 Å². The quantitative estimate of drug-likeness (QED) is 0.518. The van der Waals surface area contributed by atoms with E-state index in [2.05, 4.69) is 5.10 Å². The van der Waals surface area contributed by atoms with Crippen molar-refractivity contribution >= 4 is 5.78 Å². The van der Waals surface area contributed by atoms with E-state index >= 15 is 0 Å². The summed E-state index contributed by atoms with van der Waals surface area (Å²) in [5, 5.41) is 13.4. The Morgan fingerprint density at radius 3 is 2.48 bits per heavy atom. The molecule has 0 atom stereocenters. The minimum Gasteiger partial charge on any atom is -0.493 e. The molecule has 1 heterocycles. The van der Waals surface area contributed by atoms with E-state index in [1.807, 2.05) is 0 Å². The van der Waals surface area contributed by atoms with Crippen LogP contribution in [0.25, 0.3) is 5.69 Å². The molecule has 4 nitrogen and oxygen atoms in total. The Morgan fingerprint density at radius 1 is 1.33 bits per heavy atom. The van der Waals surface area contributed by atoms with Crippen LogP contribution in [-0.4, -0.2) is 26.8 Å².